The van der Waals surface area contributed by atoms with Gasteiger partial charge in [0.25, 0.3) is 0 Å². The van der Waals surface area contributed by atoms with Crippen molar-refractivity contribution in [3.8, 4) is 23.0 Å². The van der Waals surface area contributed by atoms with Crippen LogP contribution in [-0.4, -0.2) is 53.6 Å². The maximum absolute atomic E-state index is 5.48. The smallest absolute Gasteiger partial charge is 0.162 e. The summed E-state index contributed by atoms with van der Waals surface area (Å²) in [6.45, 7) is 6.31. The Morgan fingerprint density at radius 3 is 1.29 bits per heavy atom. The van der Waals surface area contributed by atoms with Crippen molar-refractivity contribution in [1.82, 2.24) is 0 Å². The van der Waals surface area contributed by atoms with Crippen molar-refractivity contribution in [2.75, 3.05) is 51.3 Å². The molecule has 0 aromatic heterocycles. The lowest BCUT2D eigenvalue weighted by atomic mass is 10.1. The average Bonchev–Trinajstić information content (AvgIpc) is 2.73. The van der Waals surface area contributed by atoms with E-state index in [1.54, 1.807) is 28.4 Å². The number of rotatable bonds is 6. The first-order chi connectivity index (χ1) is 13.5. The van der Waals surface area contributed by atoms with E-state index in [2.05, 4.69) is 35.8 Å². The molecule has 1 heterocycles. The highest BCUT2D eigenvalue weighted by molar-refractivity contribution is 5.61. The first-order valence-corrected chi connectivity index (χ1v) is 9.49. The molecule has 0 N–H and O–H groups in total. The third-order valence-corrected chi connectivity index (χ3v) is 5.38. The second-order valence-corrected chi connectivity index (χ2v) is 7.08. The van der Waals surface area contributed by atoms with Gasteiger partial charge in [0.05, 0.1) is 28.4 Å². The van der Waals surface area contributed by atoms with Crippen molar-refractivity contribution >= 4 is 11.4 Å². The number of anilines is 2. The van der Waals surface area contributed by atoms with Gasteiger partial charge in [-0.2, -0.15) is 0 Å². The van der Waals surface area contributed by atoms with E-state index in [1.807, 2.05) is 24.3 Å². The van der Waals surface area contributed by atoms with Crippen molar-refractivity contribution in [3.05, 3.63) is 36.4 Å². The lowest BCUT2D eigenvalue weighted by Crippen LogP contribution is -2.56. The molecule has 1 fully saturated rings. The molecule has 2 aromatic rings. The van der Waals surface area contributed by atoms with Crippen LogP contribution in [0.25, 0.3) is 0 Å². The molecule has 6 nitrogen and oxygen atoms in total. The fraction of sp³-hybridized carbons (Fsp3) is 0.455. The van der Waals surface area contributed by atoms with E-state index < -0.39 is 0 Å². The van der Waals surface area contributed by atoms with Gasteiger partial charge < -0.3 is 28.7 Å². The first kappa shape index (κ1) is 20.0. The van der Waals surface area contributed by atoms with Gasteiger partial charge in [0.2, 0.25) is 0 Å². The summed E-state index contributed by atoms with van der Waals surface area (Å²) in [7, 11) is 6.65. The van der Waals surface area contributed by atoms with Gasteiger partial charge in [-0.1, -0.05) is 0 Å². The highest BCUT2D eigenvalue weighted by Gasteiger charge is 2.30. The summed E-state index contributed by atoms with van der Waals surface area (Å²) in [4.78, 5) is 4.84. The molecule has 1 aliphatic rings. The quantitative estimate of drug-likeness (QED) is 0.752. The zero-order valence-corrected chi connectivity index (χ0v) is 17.6. The van der Waals surface area contributed by atoms with Crippen molar-refractivity contribution < 1.29 is 18.9 Å². The lowest BCUT2D eigenvalue weighted by molar-refractivity contribution is 0.354. The molecular formula is C22H30N2O4. The second kappa shape index (κ2) is 8.50. The first-order valence-electron chi connectivity index (χ1n) is 9.49. The molecule has 3 rings (SSSR count). The number of methoxy groups -OCH3 is 4. The van der Waals surface area contributed by atoms with Crippen molar-refractivity contribution in [2.24, 2.45) is 0 Å². The van der Waals surface area contributed by atoms with E-state index in [9.17, 15) is 0 Å². The Hall–Kier alpha value is -2.76. The van der Waals surface area contributed by atoms with Crippen LogP contribution in [0.1, 0.15) is 13.8 Å². The molecule has 6 heteroatoms. The van der Waals surface area contributed by atoms with Gasteiger partial charge in [-0.3, -0.25) is 0 Å². The maximum atomic E-state index is 5.48. The third-order valence-electron chi connectivity index (χ3n) is 5.38. The fourth-order valence-corrected chi connectivity index (χ4v) is 3.85. The minimum absolute atomic E-state index is 0.336. The van der Waals surface area contributed by atoms with Crippen LogP contribution in [0.4, 0.5) is 11.4 Å². The second-order valence-electron chi connectivity index (χ2n) is 7.08. The van der Waals surface area contributed by atoms with Crippen LogP contribution in [0.5, 0.6) is 23.0 Å². The van der Waals surface area contributed by atoms with Crippen LogP contribution >= 0.6 is 0 Å². The topological polar surface area (TPSA) is 43.4 Å². The largest absolute Gasteiger partial charge is 0.493 e. The predicted molar refractivity (Wildman–Crippen MR) is 113 cm³/mol. The van der Waals surface area contributed by atoms with E-state index >= 15 is 0 Å². The molecule has 1 saturated heterocycles. The van der Waals surface area contributed by atoms with Crippen LogP contribution < -0.4 is 28.7 Å². The normalized spacial score (nSPS) is 19.4. The number of ether oxygens (including phenoxy) is 4. The maximum Gasteiger partial charge on any atom is 0.162 e. The van der Waals surface area contributed by atoms with Gasteiger partial charge in [-0.15, -0.1) is 0 Å². The van der Waals surface area contributed by atoms with Gasteiger partial charge in [0, 0.05) is 48.7 Å². The predicted octanol–water partition coefficient (Wildman–Crippen LogP) is 3.82. The van der Waals surface area contributed by atoms with Crippen molar-refractivity contribution in [3.63, 3.8) is 0 Å². The van der Waals surface area contributed by atoms with E-state index in [0.717, 1.165) is 47.5 Å². The minimum Gasteiger partial charge on any atom is -0.493 e. The molecule has 28 heavy (non-hydrogen) atoms. The molecule has 0 amide bonds. The molecule has 0 bridgehead atoms. The molecular weight excluding hydrogens is 356 g/mol. The van der Waals surface area contributed by atoms with Gasteiger partial charge in [0.15, 0.2) is 23.0 Å². The summed E-state index contributed by atoms with van der Waals surface area (Å²) in [5, 5.41) is 0. The average molecular weight is 386 g/mol. The van der Waals surface area contributed by atoms with E-state index in [0.29, 0.717) is 12.1 Å². The number of piperazine rings is 1. The summed E-state index contributed by atoms with van der Waals surface area (Å²) in [5.41, 5.74) is 2.29. The highest BCUT2D eigenvalue weighted by Crippen LogP contribution is 2.36. The summed E-state index contributed by atoms with van der Waals surface area (Å²) in [5.74, 6) is 3.00. The van der Waals surface area contributed by atoms with Crippen LogP contribution in [0.15, 0.2) is 36.4 Å². The number of hydrogen-bond acceptors (Lipinski definition) is 6. The Labute approximate surface area is 167 Å². The van der Waals surface area contributed by atoms with Crippen LogP contribution in [0.3, 0.4) is 0 Å². The molecule has 2 aromatic carbocycles. The van der Waals surface area contributed by atoms with Gasteiger partial charge in [0.1, 0.15) is 0 Å². The number of benzene rings is 2. The van der Waals surface area contributed by atoms with E-state index in [1.165, 1.54) is 0 Å². The Morgan fingerprint density at radius 1 is 0.607 bits per heavy atom. The Balaban J connectivity index is 1.83. The van der Waals surface area contributed by atoms with Crippen LogP contribution in [-0.2, 0) is 0 Å². The molecule has 0 spiro atoms. The Morgan fingerprint density at radius 2 is 0.964 bits per heavy atom. The Kier molecular flexibility index (Phi) is 6.07. The standard InChI is InChI=1S/C22H30N2O4/c1-15-13-24(18-8-10-20(26-4)22(12-18)28-6)16(2)14-23(15)17-7-9-19(25-3)21(11-17)27-5/h7-12,15-16H,13-14H2,1-6H3/t15-,16-/m0/s1. The minimum atomic E-state index is 0.336. The van der Waals surface area contributed by atoms with Gasteiger partial charge in [-0.25, -0.2) is 0 Å². The van der Waals surface area contributed by atoms with Crippen molar-refractivity contribution in [2.45, 2.75) is 25.9 Å². The van der Waals surface area contributed by atoms with Crippen LogP contribution in [0, 0.1) is 0 Å². The monoisotopic (exact) mass is 386 g/mol. The van der Waals surface area contributed by atoms with Crippen molar-refractivity contribution in [1.29, 1.82) is 0 Å². The molecule has 152 valence electrons. The molecule has 0 aliphatic carbocycles. The summed E-state index contributed by atoms with van der Waals surface area (Å²) in [6, 6.07) is 12.9. The molecule has 1 aliphatic heterocycles. The van der Waals surface area contributed by atoms with Crippen LogP contribution in [0.2, 0.25) is 0 Å². The fourth-order valence-electron chi connectivity index (χ4n) is 3.85. The number of hydrogen-bond donors (Lipinski definition) is 0. The highest BCUT2D eigenvalue weighted by atomic mass is 16.5. The SMILES string of the molecule is COc1ccc(N2C[C@H](C)N(c3ccc(OC)c(OC)c3)C[C@@H]2C)cc1OC. The van der Waals surface area contributed by atoms with E-state index in [4.69, 9.17) is 18.9 Å². The molecule has 0 radical (unpaired) electrons. The van der Waals surface area contributed by atoms with Gasteiger partial charge >= 0.3 is 0 Å². The number of nitrogens with zero attached hydrogens (tertiary/aromatic N) is 2. The Bertz CT molecular complexity index is 744. The summed E-state index contributed by atoms with van der Waals surface area (Å²) >= 11 is 0. The molecule has 2 atom stereocenters. The summed E-state index contributed by atoms with van der Waals surface area (Å²) < 4.78 is 21.7. The third kappa shape index (κ3) is 3.77. The lowest BCUT2D eigenvalue weighted by Gasteiger charge is -2.46. The zero-order chi connectivity index (χ0) is 20.3. The zero-order valence-electron chi connectivity index (χ0n) is 17.6. The molecule has 0 saturated carbocycles. The van der Waals surface area contributed by atoms with E-state index in [-0.39, 0.29) is 0 Å². The summed E-state index contributed by atoms with van der Waals surface area (Å²) in [6.07, 6.45) is 0. The van der Waals surface area contributed by atoms with Gasteiger partial charge in [-0.05, 0) is 38.1 Å². The molecule has 0 unspecified atom stereocenters.